The largest absolute Gasteiger partial charge is 0.487 e. The maximum absolute atomic E-state index is 9.86. The summed E-state index contributed by atoms with van der Waals surface area (Å²) in [7, 11) is 0. The highest BCUT2D eigenvalue weighted by Crippen LogP contribution is 2.28. The molecular formula is C16H23NO3. The number of fused-ring (bicyclic) bond motifs is 1. The van der Waals surface area contributed by atoms with Crippen molar-refractivity contribution in [1.82, 2.24) is 5.32 Å². The first-order valence-electron chi connectivity index (χ1n) is 7.15. The molecule has 1 aromatic heterocycles. The van der Waals surface area contributed by atoms with Gasteiger partial charge in [0.2, 0.25) is 0 Å². The van der Waals surface area contributed by atoms with Crippen LogP contribution in [0.25, 0.3) is 11.0 Å². The average Bonchev–Trinajstić information content (AvgIpc) is 2.86. The van der Waals surface area contributed by atoms with Gasteiger partial charge in [-0.1, -0.05) is 32.9 Å². The number of hydrogen-bond acceptors (Lipinski definition) is 4. The van der Waals surface area contributed by atoms with Gasteiger partial charge in [-0.05, 0) is 12.1 Å². The number of rotatable bonds is 7. The molecule has 4 heteroatoms. The number of para-hydroxylation sites is 1. The van der Waals surface area contributed by atoms with Crippen molar-refractivity contribution in [1.29, 1.82) is 0 Å². The second kappa shape index (κ2) is 6.77. The minimum Gasteiger partial charge on any atom is -0.487 e. The molecule has 2 N–H and O–H groups in total. The van der Waals surface area contributed by atoms with Gasteiger partial charge in [0.25, 0.3) is 0 Å². The van der Waals surface area contributed by atoms with Crippen LogP contribution in [0.1, 0.15) is 26.5 Å². The Balaban J connectivity index is 2.00. The molecule has 4 nitrogen and oxygen atoms in total. The predicted molar refractivity (Wildman–Crippen MR) is 80.2 cm³/mol. The van der Waals surface area contributed by atoms with E-state index < -0.39 is 6.10 Å². The number of furan rings is 1. The van der Waals surface area contributed by atoms with Crippen LogP contribution >= 0.6 is 0 Å². The summed E-state index contributed by atoms with van der Waals surface area (Å²) in [6.07, 6.45) is 0.322. The predicted octanol–water partition coefficient (Wildman–Crippen LogP) is 2.73. The summed E-state index contributed by atoms with van der Waals surface area (Å²) in [5, 5.41) is 14.1. The smallest absolute Gasteiger partial charge is 0.176 e. The summed E-state index contributed by atoms with van der Waals surface area (Å²) in [5.41, 5.74) is 0.758. The molecule has 110 valence electrons. The molecule has 2 aromatic rings. The van der Waals surface area contributed by atoms with Gasteiger partial charge in [-0.25, -0.2) is 0 Å². The number of ether oxygens (including phenoxy) is 1. The SMILES string of the molecule is CCc1cc2cccc(OCC(O)CNC(C)C)c2o1. The molecule has 0 spiro atoms. The lowest BCUT2D eigenvalue weighted by Gasteiger charge is -2.15. The molecule has 0 amide bonds. The van der Waals surface area contributed by atoms with Crippen LogP contribution in [0.4, 0.5) is 0 Å². The Kier molecular flexibility index (Phi) is 5.04. The van der Waals surface area contributed by atoms with Gasteiger partial charge in [-0.3, -0.25) is 0 Å². The molecule has 2 rings (SSSR count). The van der Waals surface area contributed by atoms with Crippen molar-refractivity contribution < 1.29 is 14.3 Å². The van der Waals surface area contributed by atoms with Crippen LogP contribution < -0.4 is 10.1 Å². The molecule has 0 bridgehead atoms. The van der Waals surface area contributed by atoms with Gasteiger partial charge in [-0.15, -0.1) is 0 Å². The Hall–Kier alpha value is -1.52. The van der Waals surface area contributed by atoms with Crippen molar-refractivity contribution in [3.63, 3.8) is 0 Å². The van der Waals surface area contributed by atoms with Crippen LogP contribution in [0.3, 0.4) is 0 Å². The Bertz CT molecular complexity index is 548. The first-order valence-corrected chi connectivity index (χ1v) is 7.15. The highest BCUT2D eigenvalue weighted by molar-refractivity contribution is 5.83. The van der Waals surface area contributed by atoms with E-state index >= 15 is 0 Å². The van der Waals surface area contributed by atoms with Crippen molar-refractivity contribution in [3.05, 3.63) is 30.0 Å². The average molecular weight is 277 g/mol. The summed E-state index contributed by atoms with van der Waals surface area (Å²) < 4.78 is 11.4. The third-order valence-corrected chi connectivity index (χ3v) is 3.10. The third kappa shape index (κ3) is 3.74. The lowest BCUT2D eigenvalue weighted by molar-refractivity contribution is 0.105. The highest BCUT2D eigenvalue weighted by Gasteiger charge is 2.11. The van der Waals surface area contributed by atoms with Crippen molar-refractivity contribution in [2.45, 2.75) is 39.3 Å². The minimum atomic E-state index is -0.534. The fourth-order valence-electron chi connectivity index (χ4n) is 1.99. The lowest BCUT2D eigenvalue weighted by Crippen LogP contribution is -2.35. The van der Waals surface area contributed by atoms with Gasteiger partial charge in [-0.2, -0.15) is 0 Å². The Morgan fingerprint density at radius 1 is 1.35 bits per heavy atom. The minimum absolute atomic E-state index is 0.251. The molecule has 0 fully saturated rings. The summed E-state index contributed by atoms with van der Waals surface area (Å²) in [6, 6.07) is 8.19. The molecule has 0 aliphatic carbocycles. The zero-order valence-corrected chi connectivity index (χ0v) is 12.3. The summed E-state index contributed by atoms with van der Waals surface area (Å²) in [6.45, 7) is 6.92. The molecule has 1 aromatic carbocycles. The Labute approximate surface area is 119 Å². The summed E-state index contributed by atoms with van der Waals surface area (Å²) in [4.78, 5) is 0. The molecule has 0 saturated heterocycles. The van der Waals surface area contributed by atoms with Gasteiger partial charge < -0.3 is 19.6 Å². The van der Waals surface area contributed by atoms with Crippen LogP contribution in [0.2, 0.25) is 0 Å². The van der Waals surface area contributed by atoms with E-state index in [1.165, 1.54) is 0 Å². The second-order valence-electron chi connectivity index (χ2n) is 5.27. The van der Waals surface area contributed by atoms with E-state index in [1.54, 1.807) is 0 Å². The standard InChI is InChI=1S/C16H23NO3/c1-4-14-8-12-6-5-7-15(16(12)20-14)19-10-13(18)9-17-11(2)3/h5-8,11,13,17-18H,4,9-10H2,1-3H3. The van der Waals surface area contributed by atoms with E-state index in [-0.39, 0.29) is 6.61 Å². The van der Waals surface area contributed by atoms with E-state index in [1.807, 2.05) is 38.1 Å². The first-order chi connectivity index (χ1) is 9.60. The van der Waals surface area contributed by atoms with Crippen LogP contribution in [0.15, 0.2) is 28.7 Å². The molecule has 0 aliphatic rings. The van der Waals surface area contributed by atoms with Crippen LogP contribution in [-0.2, 0) is 6.42 Å². The molecule has 1 heterocycles. The summed E-state index contributed by atoms with van der Waals surface area (Å²) >= 11 is 0. The maximum atomic E-state index is 9.86. The monoisotopic (exact) mass is 277 g/mol. The Morgan fingerprint density at radius 2 is 2.15 bits per heavy atom. The molecule has 0 radical (unpaired) electrons. The van der Waals surface area contributed by atoms with Gasteiger partial charge in [0, 0.05) is 24.4 Å². The van der Waals surface area contributed by atoms with Crippen LogP contribution in [-0.4, -0.2) is 30.4 Å². The maximum Gasteiger partial charge on any atom is 0.176 e. The van der Waals surface area contributed by atoms with Crippen molar-refractivity contribution in [3.8, 4) is 5.75 Å². The van der Waals surface area contributed by atoms with Crippen molar-refractivity contribution in [2.24, 2.45) is 0 Å². The number of aliphatic hydroxyl groups excluding tert-OH is 1. The quantitative estimate of drug-likeness (QED) is 0.817. The van der Waals surface area contributed by atoms with E-state index in [0.717, 1.165) is 23.2 Å². The third-order valence-electron chi connectivity index (χ3n) is 3.10. The van der Waals surface area contributed by atoms with Crippen LogP contribution in [0, 0.1) is 0 Å². The molecule has 0 aliphatic heterocycles. The normalized spacial score (nSPS) is 13.1. The van der Waals surface area contributed by atoms with Gasteiger partial charge >= 0.3 is 0 Å². The number of nitrogens with one attached hydrogen (secondary N) is 1. The second-order valence-corrected chi connectivity index (χ2v) is 5.27. The number of benzene rings is 1. The molecule has 0 saturated carbocycles. The fraction of sp³-hybridized carbons (Fsp3) is 0.500. The topological polar surface area (TPSA) is 54.6 Å². The highest BCUT2D eigenvalue weighted by atomic mass is 16.5. The van der Waals surface area contributed by atoms with Gasteiger partial charge in [0.1, 0.15) is 18.5 Å². The van der Waals surface area contributed by atoms with E-state index in [2.05, 4.69) is 12.2 Å². The zero-order valence-electron chi connectivity index (χ0n) is 12.3. The van der Waals surface area contributed by atoms with E-state index in [0.29, 0.717) is 18.3 Å². The number of aliphatic hydroxyl groups is 1. The van der Waals surface area contributed by atoms with Crippen molar-refractivity contribution >= 4 is 11.0 Å². The van der Waals surface area contributed by atoms with E-state index in [4.69, 9.17) is 9.15 Å². The first kappa shape index (κ1) is 14.9. The lowest BCUT2D eigenvalue weighted by atomic mass is 10.2. The molecule has 1 atom stereocenters. The van der Waals surface area contributed by atoms with E-state index in [9.17, 15) is 5.11 Å². The Morgan fingerprint density at radius 3 is 2.85 bits per heavy atom. The molecular weight excluding hydrogens is 254 g/mol. The fourth-order valence-corrected chi connectivity index (χ4v) is 1.99. The summed E-state index contributed by atoms with van der Waals surface area (Å²) in [5.74, 6) is 1.63. The van der Waals surface area contributed by atoms with Crippen molar-refractivity contribution in [2.75, 3.05) is 13.2 Å². The molecule has 20 heavy (non-hydrogen) atoms. The number of aryl methyl sites for hydroxylation is 1. The number of hydrogen-bond donors (Lipinski definition) is 2. The molecule has 1 unspecified atom stereocenters. The van der Waals surface area contributed by atoms with Crippen LogP contribution in [0.5, 0.6) is 5.75 Å². The zero-order chi connectivity index (χ0) is 14.5. The van der Waals surface area contributed by atoms with Gasteiger partial charge in [0.05, 0.1) is 0 Å². The van der Waals surface area contributed by atoms with Gasteiger partial charge in [0.15, 0.2) is 11.3 Å².